The maximum atomic E-state index is 12.9. The highest BCUT2D eigenvalue weighted by atomic mass is 32.2. The maximum absolute atomic E-state index is 12.9. The van der Waals surface area contributed by atoms with Crippen LogP contribution in [0.4, 0.5) is 0 Å². The van der Waals surface area contributed by atoms with Crippen LogP contribution >= 0.6 is 0 Å². The van der Waals surface area contributed by atoms with E-state index < -0.39 is 16.3 Å². The van der Waals surface area contributed by atoms with E-state index >= 15 is 0 Å². The molecule has 1 heterocycles. The molecule has 1 aliphatic heterocycles. The van der Waals surface area contributed by atoms with Crippen LogP contribution in [0.15, 0.2) is 48.5 Å². The summed E-state index contributed by atoms with van der Waals surface area (Å²) in [6, 6.07) is 14.3. The molecule has 0 atom stereocenters. The molecule has 0 unspecified atom stereocenters. The van der Waals surface area contributed by atoms with E-state index in [1.54, 1.807) is 57.4 Å². The van der Waals surface area contributed by atoms with Gasteiger partial charge in [-0.1, -0.05) is 36.4 Å². The minimum Gasteiger partial charge on any atom is -0.497 e. The van der Waals surface area contributed by atoms with Crippen LogP contribution in [0, 0.1) is 0 Å². The predicted octanol–water partition coefficient (Wildman–Crippen LogP) is 3.05. The summed E-state index contributed by atoms with van der Waals surface area (Å²) >= 11 is 0. The fraction of sp³-hybridized carbons (Fsp3) is 0.250. The zero-order chi connectivity index (χ0) is 18.9. The highest BCUT2D eigenvalue weighted by Crippen LogP contribution is 2.41. The number of ether oxygens (including phenoxy) is 2. The molecule has 5 nitrogen and oxygen atoms in total. The van der Waals surface area contributed by atoms with Crippen LogP contribution in [-0.2, 0) is 26.0 Å². The van der Waals surface area contributed by atoms with Crippen LogP contribution in [0.2, 0.25) is 0 Å². The van der Waals surface area contributed by atoms with Crippen molar-refractivity contribution in [3.8, 4) is 5.75 Å². The molecule has 0 bridgehead atoms. The number of methoxy groups -OCH3 is 1. The van der Waals surface area contributed by atoms with E-state index in [-0.39, 0.29) is 11.5 Å². The fourth-order valence-corrected chi connectivity index (χ4v) is 3.40. The molecule has 26 heavy (non-hydrogen) atoms. The maximum Gasteiger partial charge on any atom is 0.210 e. The lowest BCUT2D eigenvalue weighted by Gasteiger charge is -2.17. The molecule has 2 aromatic rings. The Balaban J connectivity index is 2.06. The number of ketones is 1. The van der Waals surface area contributed by atoms with Crippen molar-refractivity contribution in [2.45, 2.75) is 25.2 Å². The third-order valence-electron chi connectivity index (χ3n) is 4.26. The normalized spacial score (nSPS) is 16.1. The molecule has 0 spiro atoms. The van der Waals surface area contributed by atoms with E-state index in [4.69, 9.17) is 9.47 Å². The summed E-state index contributed by atoms with van der Waals surface area (Å²) in [5, 5.41) is 0. The summed E-state index contributed by atoms with van der Waals surface area (Å²) in [6.07, 6.45) is 0. The number of benzene rings is 2. The van der Waals surface area contributed by atoms with Gasteiger partial charge in [0.1, 0.15) is 22.2 Å². The lowest BCUT2D eigenvalue weighted by Crippen LogP contribution is -2.29. The average Bonchev–Trinajstić information content (AvgIpc) is 2.85. The van der Waals surface area contributed by atoms with E-state index in [0.29, 0.717) is 22.6 Å². The number of Topliss-reactive ketones (excluding diaryl/α,β-unsaturated/α-hetero) is 1. The molecule has 1 aliphatic rings. The van der Waals surface area contributed by atoms with Crippen molar-refractivity contribution in [2.75, 3.05) is 7.11 Å². The molecule has 136 valence electrons. The number of carbonyl (C=O) groups excluding carboxylic acids is 1. The monoisotopic (exact) mass is 372 g/mol. The van der Waals surface area contributed by atoms with Gasteiger partial charge in [0.25, 0.3) is 0 Å². The summed E-state index contributed by atoms with van der Waals surface area (Å²) in [6.45, 7) is 3.48. The lowest BCUT2D eigenvalue weighted by molar-refractivity contribution is -0.125. The van der Waals surface area contributed by atoms with E-state index in [2.05, 4.69) is 0 Å². The summed E-state index contributed by atoms with van der Waals surface area (Å²) in [4.78, 5) is 12.9. The predicted molar refractivity (Wildman–Crippen MR) is 100 cm³/mol. The second-order valence-electron chi connectivity index (χ2n) is 6.56. The Morgan fingerprint density at radius 2 is 1.54 bits per heavy atom. The van der Waals surface area contributed by atoms with Gasteiger partial charge >= 0.3 is 0 Å². The molecule has 0 N–H and O–H groups in total. The Morgan fingerprint density at radius 1 is 0.962 bits per heavy atom. The molecular weight excluding hydrogens is 352 g/mol. The van der Waals surface area contributed by atoms with Crippen LogP contribution in [-0.4, -0.2) is 26.9 Å². The van der Waals surface area contributed by atoms with Crippen molar-refractivity contribution in [2.24, 2.45) is 0 Å². The van der Waals surface area contributed by atoms with E-state index in [0.717, 1.165) is 11.1 Å². The van der Waals surface area contributed by atoms with E-state index in [9.17, 15) is 13.2 Å². The van der Waals surface area contributed by atoms with Crippen LogP contribution in [0.25, 0.3) is 11.3 Å². The topological polar surface area (TPSA) is 69.7 Å². The van der Waals surface area contributed by atoms with Gasteiger partial charge in [0.05, 0.1) is 18.4 Å². The first kappa shape index (κ1) is 18.2. The summed E-state index contributed by atoms with van der Waals surface area (Å²) in [5.41, 5.74) is 1.74. The Kier molecular flexibility index (Phi) is 4.87. The summed E-state index contributed by atoms with van der Waals surface area (Å²) in [7, 11) is -0.891. The Morgan fingerprint density at radius 3 is 2.08 bits per heavy atom. The van der Waals surface area contributed by atoms with Gasteiger partial charge in [0.2, 0.25) is 5.78 Å². The number of hydrogen-bond donors (Lipinski definition) is 1. The van der Waals surface area contributed by atoms with Crippen LogP contribution in [0.3, 0.4) is 0 Å². The van der Waals surface area contributed by atoms with Gasteiger partial charge in [-0.3, -0.25) is 4.79 Å². The minimum absolute atomic E-state index is 0.00865. The van der Waals surface area contributed by atoms with Gasteiger partial charge in [0.15, 0.2) is 5.60 Å². The van der Waals surface area contributed by atoms with E-state index in [1.807, 2.05) is 12.1 Å². The largest absolute Gasteiger partial charge is 0.497 e. The van der Waals surface area contributed by atoms with E-state index in [1.165, 1.54) is 0 Å². The Hall–Kier alpha value is -2.60. The molecule has 2 aromatic carbocycles. The first-order chi connectivity index (χ1) is 12.3. The molecule has 3 rings (SSSR count). The molecule has 6 heteroatoms. The molecule has 0 amide bonds. The molecule has 0 radical (unpaired) electrons. The molecular formula is C20H20O5S. The minimum atomic E-state index is -2.48. The first-order valence-electron chi connectivity index (χ1n) is 8.15. The van der Waals surface area contributed by atoms with Gasteiger partial charge in [0, 0.05) is 5.56 Å². The summed E-state index contributed by atoms with van der Waals surface area (Å²) < 4.78 is 32.9. The second-order valence-corrected chi connectivity index (χ2v) is 7.54. The Labute approximate surface area is 154 Å². The third kappa shape index (κ3) is 3.51. The molecule has 0 aromatic heterocycles. The van der Waals surface area contributed by atoms with Crippen LogP contribution in [0.5, 0.6) is 5.75 Å². The molecule has 0 saturated carbocycles. The number of carbonyl (C=O) groups is 1. The number of hydrogen-bond acceptors (Lipinski definition) is 5. The highest BCUT2D eigenvalue weighted by molar-refractivity contribution is 7.71. The molecule has 0 saturated heterocycles. The SMILES string of the molecule is COc1ccc(C2=C(c3ccc(C[SH](=O)=O)cc3)OC(C)(C)C2=O)cc1. The Bertz CT molecular complexity index is 927. The van der Waals surface area contributed by atoms with Crippen LogP contribution in [0.1, 0.15) is 30.5 Å². The second kappa shape index (κ2) is 6.96. The zero-order valence-corrected chi connectivity index (χ0v) is 15.7. The lowest BCUT2D eigenvalue weighted by atomic mass is 9.92. The number of rotatable bonds is 5. The third-order valence-corrected chi connectivity index (χ3v) is 4.89. The van der Waals surface area contributed by atoms with Gasteiger partial charge in [-0.15, -0.1) is 0 Å². The van der Waals surface area contributed by atoms with Gasteiger partial charge in [-0.2, -0.15) is 0 Å². The van der Waals surface area contributed by atoms with Crippen molar-refractivity contribution < 1.29 is 22.7 Å². The summed E-state index contributed by atoms with van der Waals surface area (Å²) in [5.74, 6) is 1.11. The van der Waals surface area contributed by atoms with Crippen molar-refractivity contribution in [1.29, 1.82) is 0 Å². The van der Waals surface area contributed by atoms with Crippen molar-refractivity contribution in [3.05, 3.63) is 65.2 Å². The highest BCUT2D eigenvalue weighted by Gasteiger charge is 2.42. The van der Waals surface area contributed by atoms with Gasteiger partial charge in [-0.05, 0) is 37.1 Å². The zero-order valence-electron chi connectivity index (χ0n) is 14.8. The average molecular weight is 372 g/mol. The van der Waals surface area contributed by atoms with Gasteiger partial charge in [-0.25, -0.2) is 8.42 Å². The quantitative estimate of drug-likeness (QED) is 0.817. The van der Waals surface area contributed by atoms with Crippen molar-refractivity contribution in [3.63, 3.8) is 0 Å². The van der Waals surface area contributed by atoms with Crippen LogP contribution < -0.4 is 4.74 Å². The van der Waals surface area contributed by atoms with Gasteiger partial charge < -0.3 is 9.47 Å². The number of thiol groups is 1. The standard InChI is InChI=1S/C20H20O5S/c1-20(2)19(21)17(14-8-10-16(24-3)11-9-14)18(25-20)15-6-4-13(5-7-15)12-26(22)23/h4-11,26H,12H2,1-3H3. The molecule has 0 aliphatic carbocycles. The molecule has 0 fully saturated rings. The fourth-order valence-electron chi connectivity index (χ4n) is 2.89. The van der Waals surface area contributed by atoms with Crippen molar-refractivity contribution in [1.82, 2.24) is 0 Å². The van der Waals surface area contributed by atoms with Crippen molar-refractivity contribution >= 4 is 27.8 Å². The smallest absolute Gasteiger partial charge is 0.210 e. The first-order valence-corrected chi connectivity index (χ1v) is 9.52.